The normalized spacial score (nSPS) is 9.20. The number of non-ortho nitro benzene ring substituents is 1. The first kappa shape index (κ1) is 6.54. The molecule has 0 spiro atoms. The third-order valence-electron chi connectivity index (χ3n) is 1.06. The van der Waals surface area contributed by atoms with E-state index in [1.807, 2.05) is 0 Å². The molecule has 1 rings (SSSR count). The summed E-state index contributed by atoms with van der Waals surface area (Å²) in [4.78, 5) is 9.52. The van der Waals surface area contributed by atoms with E-state index >= 15 is 0 Å². The molecule has 1 aromatic rings. The lowest BCUT2D eigenvalue weighted by molar-refractivity contribution is -0.384. The summed E-state index contributed by atoms with van der Waals surface area (Å²) in [5.74, 6) is 0.0330. The van der Waals surface area contributed by atoms with Crippen LogP contribution >= 0.6 is 0 Å². The van der Waals surface area contributed by atoms with Crippen LogP contribution in [0.25, 0.3) is 0 Å². The molecule has 1 N–H and O–H groups in total. The zero-order valence-corrected chi connectivity index (χ0v) is 5.02. The second-order valence-electron chi connectivity index (χ2n) is 1.77. The molecule has 4 heteroatoms. The second kappa shape index (κ2) is 2.34. The molecular weight excluding hydrogens is 135 g/mol. The summed E-state index contributed by atoms with van der Waals surface area (Å²) in [5.41, 5.74) is -0.0159. The van der Waals surface area contributed by atoms with Gasteiger partial charge in [-0.05, 0) is 12.1 Å². The summed E-state index contributed by atoms with van der Waals surface area (Å²) in [6, 6.07) is 5.04. The van der Waals surface area contributed by atoms with Crippen LogP contribution in [0.4, 0.5) is 5.69 Å². The van der Waals surface area contributed by atoms with Crippen LogP contribution in [-0.4, -0.2) is 10.0 Å². The molecule has 0 unspecified atom stereocenters. The van der Waals surface area contributed by atoms with E-state index in [0.717, 1.165) is 0 Å². The Morgan fingerprint density at radius 3 is 2.20 bits per heavy atom. The van der Waals surface area contributed by atoms with Crippen LogP contribution < -0.4 is 0 Å². The fourth-order valence-electron chi connectivity index (χ4n) is 0.574. The van der Waals surface area contributed by atoms with E-state index in [1.54, 1.807) is 0 Å². The van der Waals surface area contributed by atoms with E-state index in [-0.39, 0.29) is 11.4 Å². The zero-order valence-electron chi connectivity index (χ0n) is 5.02. The number of rotatable bonds is 1. The van der Waals surface area contributed by atoms with Crippen molar-refractivity contribution in [2.75, 3.05) is 0 Å². The molecule has 0 amide bonds. The number of nitro groups is 1. The molecule has 0 saturated carbocycles. The van der Waals surface area contributed by atoms with Crippen molar-refractivity contribution in [3.05, 3.63) is 34.4 Å². The highest BCUT2D eigenvalue weighted by Crippen LogP contribution is 2.14. The van der Waals surface area contributed by atoms with Crippen LogP contribution in [0.5, 0.6) is 5.75 Å². The topological polar surface area (TPSA) is 63.4 Å². The van der Waals surface area contributed by atoms with Gasteiger partial charge in [0.25, 0.3) is 5.69 Å². The summed E-state index contributed by atoms with van der Waals surface area (Å²) >= 11 is 0. The Kier molecular flexibility index (Phi) is 1.53. The minimum atomic E-state index is -0.514. The Balaban J connectivity index is 3.00. The Labute approximate surface area is 56.9 Å². The van der Waals surface area contributed by atoms with Crippen molar-refractivity contribution < 1.29 is 10.0 Å². The van der Waals surface area contributed by atoms with Gasteiger partial charge in [-0.3, -0.25) is 10.1 Å². The van der Waals surface area contributed by atoms with Crippen LogP contribution in [0.2, 0.25) is 0 Å². The molecule has 0 radical (unpaired) electrons. The van der Waals surface area contributed by atoms with Crippen molar-refractivity contribution in [1.29, 1.82) is 0 Å². The molecule has 1 aromatic carbocycles. The van der Waals surface area contributed by atoms with E-state index < -0.39 is 4.92 Å². The molecular formula is C6H5NO3. The first-order valence-corrected chi connectivity index (χ1v) is 2.63. The Hall–Kier alpha value is -1.58. The highest BCUT2D eigenvalue weighted by molar-refractivity contribution is 5.34. The predicted octanol–water partition coefficient (Wildman–Crippen LogP) is 1.30. The van der Waals surface area contributed by atoms with Crippen LogP contribution in [0.1, 0.15) is 0 Å². The first-order valence-electron chi connectivity index (χ1n) is 2.63. The molecule has 4 nitrogen and oxygen atoms in total. The molecule has 0 fully saturated rings. The number of phenolic OH excluding ortho intramolecular Hbond substituents is 1. The summed E-state index contributed by atoms with van der Waals surface area (Å²) in [7, 11) is 0. The first-order chi connectivity index (χ1) is 4.70. The van der Waals surface area contributed by atoms with E-state index in [4.69, 9.17) is 5.11 Å². The molecule has 0 atom stereocenters. The molecule has 0 heterocycles. The lowest BCUT2D eigenvalue weighted by Crippen LogP contribution is -1.85. The smallest absolute Gasteiger partial charge is 0.269 e. The van der Waals surface area contributed by atoms with Gasteiger partial charge in [0.15, 0.2) is 0 Å². The highest BCUT2D eigenvalue weighted by atomic mass is 16.9. The average molecular weight is 140 g/mol. The van der Waals surface area contributed by atoms with E-state index in [0.29, 0.717) is 0 Å². The van der Waals surface area contributed by atoms with Gasteiger partial charge in [0.05, 0.1) is 4.92 Å². The van der Waals surface area contributed by atoms with Gasteiger partial charge in [-0.2, -0.15) is 0 Å². The number of benzene rings is 1. The fraction of sp³-hybridized carbons (Fsp3) is 0. The molecule has 0 aliphatic heterocycles. The number of nitro benzene ring substituents is 1. The lowest BCUT2D eigenvalue weighted by Gasteiger charge is -1.89. The standard InChI is InChI=1S/C6H5NO3/c8-6-3-1-5(2-4-6)7(9)10/h1-4,8H/i7+1. The number of aromatic hydroxyl groups is 1. The SMILES string of the molecule is O=[15N+]([O-])c1ccc(O)cc1. The fourth-order valence-corrected chi connectivity index (χ4v) is 0.574. The summed E-state index contributed by atoms with van der Waals surface area (Å²) in [6.45, 7) is 0. The van der Waals surface area contributed by atoms with Crippen molar-refractivity contribution in [3.8, 4) is 5.75 Å². The van der Waals surface area contributed by atoms with Gasteiger partial charge in [-0.15, -0.1) is 0 Å². The van der Waals surface area contributed by atoms with Crippen molar-refractivity contribution >= 4 is 5.69 Å². The van der Waals surface area contributed by atoms with Gasteiger partial charge < -0.3 is 5.11 Å². The minimum Gasteiger partial charge on any atom is -0.508 e. The van der Waals surface area contributed by atoms with Crippen molar-refractivity contribution in [3.63, 3.8) is 0 Å². The summed E-state index contributed by atoms with van der Waals surface area (Å²) in [6.07, 6.45) is 0. The Bertz CT molecular complexity index is 242. The van der Waals surface area contributed by atoms with E-state index in [9.17, 15) is 10.1 Å². The van der Waals surface area contributed by atoms with Gasteiger partial charge >= 0.3 is 0 Å². The van der Waals surface area contributed by atoms with Crippen LogP contribution in [0.15, 0.2) is 24.3 Å². The zero-order chi connectivity index (χ0) is 7.56. The summed E-state index contributed by atoms with van der Waals surface area (Å²) < 4.78 is 0. The maximum atomic E-state index is 10.0. The number of phenols is 1. The Morgan fingerprint density at radius 1 is 1.30 bits per heavy atom. The van der Waals surface area contributed by atoms with Gasteiger partial charge in [0.1, 0.15) is 5.75 Å². The predicted molar refractivity (Wildman–Crippen MR) is 34.8 cm³/mol. The highest BCUT2D eigenvalue weighted by Gasteiger charge is 2.01. The molecule has 0 bridgehead atoms. The molecule has 0 aliphatic rings. The van der Waals surface area contributed by atoms with Gasteiger partial charge in [-0.1, -0.05) is 0 Å². The van der Waals surface area contributed by atoms with Gasteiger partial charge in [0.2, 0.25) is 0 Å². The third kappa shape index (κ3) is 1.22. The summed E-state index contributed by atoms with van der Waals surface area (Å²) in [5, 5.41) is 18.8. The molecule has 10 heavy (non-hydrogen) atoms. The van der Waals surface area contributed by atoms with Crippen molar-refractivity contribution in [2.24, 2.45) is 0 Å². The largest absolute Gasteiger partial charge is 0.508 e. The molecule has 0 aliphatic carbocycles. The molecule has 0 saturated heterocycles. The maximum Gasteiger partial charge on any atom is 0.269 e. The third-order valence-corrected chi connectivity index (χ3v) is 1.06. The average Bonchev–Trinajstić information content (AvgIpc) is 1.88. The van der Waals surface area contributed by atoms with Gasteiger partial charge in [0, 0.05) is 12.1 Å². The number of nitrogens with zero attached hydrogens (tertiary/aromatic N) is 1. The van der Waals surface area contributed by atoms with Crippen LogP contribution in [0.3, 0.4) is 0 Å². The van der Waals surface area contributed by atoms with E-state index in [2.05, 4.69) is 0 Å². The van der Waals surface area contributed by atoms with Crippen molar-refractivity contribution in [1.82, 2.24) is 0 Å². The van der Waals surface area contributed by atoms with Crippen molar-refractivity contribution in [2.45, 2.75) is 0 Å². The Morgan fingerprint density at radius 2 is 1.80 bits per heavy atom. The minimum absolute atomic E-state index is 0.0159. The monoisotopic (exact) mass is 140 g/mol. The van der Waals surface area contributed by atoms with Crippen LogP contribution in [-0.2, 0) is 0 Å². The maximum absolute atomic E-state index is 10.0. The number of hydrogen-bond acceptors (Lipinski definition) is 3. The quantitative estimate of drug-likeness (QED) is 0.363. The second-order valence-corrected chi connectivity index (χ2v) is 1.77. The van der Waals surface area contributed by atoms with E-state index in [1.165, 1.54) is 24.3 Å². The molecule has 52 valence electrons. The molecule has 0 aromatic heterocycles. The lowest BCUT2D eigenvalue weighted by atomic mass is 10.3. The van der Waals surface area contributed by atoms with Crippen LogP contribution in [0, 0.1) is 10.1 Å². The van der Waals surface area contributed by atoms with Gasteiger partial charge in [-0.25, -0.2) is 0 Å². The number of hydrogen-bond donors (Lipinski definition) is 1.